The van der Waals surface area contributed by atoms with Gasteiger partial charge in [0.05, 0.1) is 25.0 Å². The second kappa shape index (κ2) is 6.56. The quantitative estimate of drug-likeness (QED) is 0.592. The van der Waals surface area contributed by atoms with Crippen molar-refractivity contribution in [3.63, 3.8) is 0 Å². The number of esters is 1. The fourth-order valence-corrected chi connectivity index (χ4v) is 1.86. The fraction of sp³-hybridized carbons (Fsp3) is 0.818. The van der Waals surface area contributed by atoms with E-state index in [0.717, 1.165) is 0 Å². The molecule has 0 aromatic rings. The van der Waals surface area contributed by atoms with Crippen LogP contribution in [0.2, 0.25) is 0 Å². The first kappa shape index (κ1) is 13.9. The molecule has 1 aliphatic carbocycles. The Bertz CT molecular complexity index is 269. The Labute approximate surface area is 99.2 Å². The highest BCUT2D eigenvalue weighted by Gasteiger charge is 2.23. The lowest BCUT2D eigenvalue weighted by molar-refractivity contribution is -0.154. The largest absolute Gasteiger partial charge is 0.481 e. The van der Waals surface area contributed by atoms with Crippen molar-refractivity contribution in [2.24, 2.45) is 0 Å². The number of hydrogen-bond acceptors (Lipinski definition) is 5. The first-order valence-corrected chi connectivity index (χ1v) is 5.74. The molecule has 3 N–H and O–H groups in total. The minimum atomic E-state index is -1.20. The van der Waals surface area contributed by atoms with E-state index in [9.17, 15) is 19.8 Å². The normalized spacial score (nSPS) is 26.2. The highest BCUT2D eigenvalue weighted by molar-refractivity contribution is 5.72. The van der Waals surface area contributed by atoms with Gasteiger partial charge in [-0.25, -0.2) is 0 Å². The molecule has 1 saturated carbocycles. The van der Waals surface area contributed by atoms with Crippen LogP contribution < -0.4 is 0 Å². The third-order valence-corrected chi connectivity index (χ3v) is 2.75. The number of carboxylic acids is 1. The van der Waals surface area contributed by atoms with Crippen LogP contribution in [0.25, 0.3) is 0 Å². The van der Waals surface area contributed by atoms with Crippen molar-refractivity contribution in [1.29, 1.82) is 0 Å². The summed E-state index contributed by atoms with van der Waals surface area (Å²) in [5, 5.41) is 26.9. The van der Waals surface area contributed by atoms with E-state index in [1.165, 1.54) is 0 Å². The lowest BCUT2D eigenvalue weighted by atomic mass is 9.95. The number of ether oxygens (including phenoxy) is 1. The first-order chi connectivity index (χ1) is 7.97. The zero-order chi connectivity index (χ0) is 12.8. The van der Waals surface area contributed by atoms with E-state index >= 15 is 0 Å². The van der Waals surface area contributed by atoms with Crippen molar-refractivity contribution in [3.8, 4) is 0 Å². The van der Waals surface area contributed by atoms with Crippen LogP contribution >= 0.6 is 0 Å². The SMILES string of the molecule is O=C(O)CC(O)CC(=O)OC1CCC(O)CC1. The molecule has 1 rings (SSSR count). The number of carbonyl (C=O) groups excluding carboxylic acids is 1. The van der Waals surface area contributed by atoms with Gasteiger partial charge in [0, 0.05) is 0 Å². The molecule has 98 valence electrons. The number of aliphatic hydroxyl groups excluding tert-OH is 2. The molecule has 0 bridgehead atoms. The minimum absolute atomic E-state index is 0.220. The monoisotopic (exact) mass is 246 g/mol. The van der Waals surface area contributed by atoms with Crippen LogP contribution in [0.1, 0.15) is 38.5 Å². The van der Waals surface area contributed by atoms with E-state index in [1.54, 1.807) is 0 Å². The molecule has 0 saturated heterocycles. The van der Waals surface area contributed by atoms with Gasteiger partial charge in [0.2, 0.25) is 0 Å². The summed E-state index contributed by atoms with van der Waals surface area (Å²) in [6.07, 6.45) is -0.0569. The average molecular weight is 246 g/mol. The standard InChI is InChI=1S/C11H18O6/c12-7-1-3-9(4-2-7)17-11(16)6-8(13)5-10(14)15/h7-9,12-13H,1-6H2,(H,14,15). The molecule has 1 unspecified atom stereocenters. The molecule has 0 amide bonds. The summed E-state index contributed by atoms with van der Waals surface area (Å²) in [5.74, 6) is -1.73. The fourth-order valence-electron chi connectivity index (χ4n) is 1.86. The number of carbonyl (C=O) groups is 2. The molecular weight excluding hydrogens is 228 g/mol. The molecule has 1 atom stereocenters. The molecule has 0 aromatic carbocycles. The minimum Gasteiger partial charge on any atom is -0.481 e. The van der Waals surface area contributed by atoms with Crippen LogP contribution in [-0.2, 0) is 14.3 Å². The highest BCUT2D eigenvalue weighted by Crippen LogP contribution is 2.21. The Morgan fingerprint density at radius 1 is 1.18 bits per heavy atom. The maximum Gasteiger partial charge on any atom is 0.308 e. The predicted octanol–water partition coefficient (Wildman–Crippen LogP) is 0.0588. The number of aliphatic hydroxyl groups is 2. The smallest absolute Gasteiger partial charge is 0.308 e. The summed E-state index contributed by atoms with van der Waals surface area (Å²) in [5.41, 5.74) is 0. The molecule has 17 heavy (non-hydrogen) atoms. The Kier molecular flexibility index (Phi) is 5.37. The van der Waals surface area contributed by atoms with Gasteiger partial charge in [0.25, 0.3) is 0 Å². The van der Waals surface area contributed by atoms with Gasteiger partial charge in [0.1, 0.15) is 6.10 Å². The first-order valence-electron chi connectivity index (χ1n) is 5.74. The Balaban J connectivity index is 2.22. The van der Waals surface area contributed by atoms with Crippen molar-refractivity contribution in [1.82, 2.24) is 0 Å². The summed E-state index contributed by atoms with van der Waals surface area (Å²) in [7, 11) is 0. The number of carboxylic acid groups (broad SMARTS) is 1. The van der Waals surface area contributed by atoms with Crippen molar-refractivity contribution < 1.29 is 29.6 Å². The third-order valence-electron chi connectivity index (χ3n) is 2.75. The summed E-state index contributed by atoms with van der Waals surface area (Å²) in [6.45, 7) is 0. The molecule has 0 aromatic heterocycles. The Morgan fingerprint density at radius 2 is 1.76 bits per heavy atom. The molecule has 0 heterocycles. The van der Waals surface area contributed by atoms with E-state index in [0.29, 0.717) is 25.7 Å². The maximum atomic E-state index is 11.3. The predicted molar refractivity (Wildman–Crippen MR) is 57.2 cm³/mol. The van der Waals surface area contributed by atoms with Crippen molar-refractivity contribution in [2.45, 2.75) is 56.8 Å². The van der Waals surface area contributed by atoms with Crippen LogP contribution in [0, 0.1) is 0 Å². The molecule has 1 aliphatic rings. The van der Waals surface area contributed by atoms with Crippen LogP contribution in [0.4, 0.5) is 0 Å². The van der Waals surface area contributed by atoms with Gasteiger partial charge >= 0.3 is 11.9 Å². The third kappa shape index (κ3) is 5.65. The molecule has 6 nitrogen and oxygen atoms in total. The van der Waals surface area contributed by atoms with Crippen molar-refractivity contribution in [3.05, 3.63) is 0 Å². The van der Waals surface area contributed by atoms with E-state index in [2.05, 4.69) is 0 Å². The molecular formula is C11H18O6. The lowest BCUT2D eigenvalue weighted by Gasteiger charge is -2.25. The van der Waals surface area contributed by atoms with E-state index in [4.69, 9.17) is 9.84 Å². The van der Waals surface area contributed by atoms with E-state index < -0.39 is 24.5 Å². The zero-order valence-electron chi connectivity index (χ0n) is 9.54. The average Bonchev–Trinajstić information content (AvgIpc) is 2.19. The molecule has 1 fully saturated rings. The molecule has 0 radical (unpaired) electrons. The van der Waals surface area contributed by atoms with E-state index in [1.807, 2.05) is 0 Å². The second-order valence-corrected chi connectivity index (χ2v) is 4.38. The van der Waals surface area contributed by atoms with E-state index in [-0.39, 0.29) is 18.6 Å². The van der Waals surface area contributed by atoms with Crippen LogP contribution in [0.3, 0.4) is 0 Å². The highest BCUT2D eigenvalue weighted by atomic mass is 16.5. The molecule has 0 spiro atoms. The van der Waals surface area contributed by atoms with Gasteiger partial charge in [-0.3, -0.25) is 9.59 Å². The number of rotatable bonds is 5. The van der Waals surface area contributed by atoms with Gasteiger partial charge in [-0.15, -0.1) is 0 Å². The van der Waals surface area contributed by atoms with Gasteiger partial charge < -0.3 is 20.1 Å². The summed E-state index contributed by atoms with van der Waals surface area (Å²) < 4.78 is 5.09. The maximum absolute atomic E-state index is 11.3. The van der Waals surface area contributed by atoms with Crippen LogP contribution in [0.15, 0.2) is 0 Å². The topological polar surface area (TPSA) is 104 Å². The van der Waals surface area contributed by atoms with Crippen LogP contribution in [-0.4, -0.2) is 45.6 Å². The van der Waals surface area contributed by atoms with Gasteiger partial charge in [-0.1, -0.05) is 0 Å². The zero-order valence-corrected chi connectivity index (χ0v) is 9.54. The summed E-state index contributed by atoms with van der Waals surface area (Å²) >= 11 is 0. The second-order valence-electron chi connectivity index (χ2n) is 4.38. The van der Waals surface area contributed by atoms with Gasteiger partial charge in [0.15, 0.2) is 0 Å². The Hall–Kier alpha value is -1.14. The van der Waals surface area contributed by atoms with Gasteiger partial charge in [-0.2, -0.15) is 0 Å². The van der Waals surface area contributed by atoms with Crippen molar-refractivity contribution in [2.75, 3.05) is 0 Å². The molecule has 6 heteroatoms. The summed E-state index contributed by atoms with van der Waals surface area (Å²) in [6, 6.07) is 0. The van der Waals surface area contributed by atoms with Crippen LogP contribution in [0.5, 0.6) is 0 Å². The Morgan fingerprint density at radius 3 is 2.29 bits per heavy atom. The van der Waals surface area contributed by atoms with Crippen molar-refractivity contribution >= 4 is 11.9 Å². The number of hydrogen-bond donors (Lipinski definition) is 3. The molecule has 0 aliphatic heterocycles. The van der Waals surface area contributed by atoms with Gasteiger partial charge in [-0.05, 0) is 25.7 Å². The lowest BCUT2D eigenvalue weighted by Crippen LogP contribution is -2.28. The summed E-state index contributed by atoms with van der Waals surface area (Å²) in [4.78, 5) is 21.6. The number of aliphatic carboxylic acids is 1.